The third-order valence-corrected chi connectivity index (χ3v) is 3.63. The molecule has 0 aliphatic rings. The maximum absolute atomic E-state index is 11.6. The van der Waals surface area contributed by atoms with Crippen molar-refractivity contribution in [2.45, 2.75) is 13.5 Å². The van der Waals surface area contributed by atoms with Crippen LogP contribution in [0, 0.1) is 6.92 Å². The van der Waals surface area contributed by atoms with Gasteiger partial charge in [-0.1, -0.05) is 41.9 Å². The number of benzene rings is 1. The van der Waals surface area contributed by atoms with Gasteiger partial charge in [0.25, 0.3) is 0 Å². The molecule has 0 saturated heterocycles. The summed E-state index contributed by atoms with van der Waals surface area (Å²) in [5, 5.41) is 4.80. The topological polar surface area (TPSA) is 70.4 Å². The Kier molecular flexibility index (Phi) is 6.14. The van der Waals surface area contributed by atoms with Crippen molar-refractivity contribution in [1.29, 1.82) is 0 Å². The summed E-state index contributed by atoms with van der Waals surface area (Å²) in [6.07, 6.45) is 2.72. The number of carbonyl (C=O) groups is 2. The Balaban J connectivity index is 2.07. The molecule has 0 N–H and O–H groups in total. The van der Waals surface area contributed by atoms with Gasteiger partial charge in [0.2, 0.25) is 0 Å². The Morgan fingerprint density at radius 3 is 2.67 bits per heavy atom. The summed E-state index contributed by atoms with van der Waals surface area (Å²) in [4.78, 5) is 22.5. The molecule has 0 aliphatic carbocycles. The normalized spacial score (nSPS) is 10.8. The highest BCUT2D eigenvalue weighted by atomic mass is 35.5. The van der Waals surface area contributed by atoms with Crippen LogP contribution in [0.15, 0.2) is 36.4 Å². The highest BCUT2D eigenvalue weighted by molar-refractivity contribution is 6.31. The zero-order valence-corrected chi connectivity index (χ0v) is 14.1. The van der Waals surface area contributed by atoms with E-state index >= 15 is 0 Å². The SMILES string of the molecule is COC(=O)COC(=O)/C=C/c1c(C)nn(Cc2ccccc2)c1Cl. The van der Waals surface area contributed by atoms with Crippen LogP contribution >= 0.6 is 11.6 Å². The average molecular weight is 349 g/mol. The molecule has 1 aromatic carbocycles. The minimum Gasteiger partial charge on any atom is -0.466 e. The highest BCUT2D eigenvalue weighted by Gasteiger charge is 2.12. The van der Waals surface area contributed by atoms with Crippen molar-refractivity contribution in [2.24, 2.45) is 0 Å². The molecule has 24 heavy (non-hydrogen) atoms. The standard InChI is InChI=1S/C17H17ClN2O4/c1-12-14(8-9-15(21)24-11-16(22)23-2)17(18)20(19-12)10-13-6-4-3-5-7-13/h3-9H,10-11H2,1-2H3/b9-8+. The van der Waals surface area contributed by atoms with Gasteiger partial charge in [0.05, 0.1) is 19.3 Å². The van der Waals surface area contributed by atoms with Crippen molar-refractivity contribution in [3.8, 4) is 0 Å². The number of nitrogens with zero attached hydrogens (tertiary/aromatic N) is 2. The molecule has 0 amide bonds. The van der Waals surface area contributed by atoms with Crippen LogP contribution in [0.4, 0.5) is 0 Å². The van der Waals surface area contributed by atoms with Gasteiger partial charge in [-0.15, -0.1) is 0 Å². The van der Waals surface area contributed by atoms with Gasteiger partial charge >= 0.3 is 11.9 Å². The van der Waals surface area contributed by atoms with E-state index in [0.717, 1.165) is 5.56 Å². The van der Waals surface area contributed by atoms with E-state index in [1.165, 1.54) is 19.3 Å². The van der Waals surface area contributed by atoms with Gasteiger partial charge in [0.15, 0.2) is 6.61 Å². The molecule has 1 heterocycles. The van der Waals surface area contributed by atoms with E-state index in [0.29, 0.717) is 23.0 Å². The molecular formula is C17H17ClN2O4. The van der Waals surface area contributed by atoms with E-state index in [2.05, 4.69) is 9.84 Å². The lowest BCUT2D eigenvalue weighted by Crippen LogP contribution is -2.13. The number of carbonyl (C=O) groups excluding carboxylic acids is 2. The predicted octanol–water partition coefficient (Wildman–Crippen LogP) is 2.62. The summed E-state index contributed by atoms with van der Waals surface area (Å²) in [5.74, 6) is -1.28. The summed E-state index contributed by atoms with van der Waals surface area (Å²) >= 11 is 6.34. The summed E-state index contributed by atoms with van der Waals surface area (Å²) in [6, 6.07) is 9.78. The molecule has 2 rings (SSSR count). The highest BCUT2D eigenvalue weighted by Crippen LogP contribution is 2.22. The van der Waals surface area contributed by atoms with Gasteiger partial charge in [-0.05, 0) is 18.6 Å². The van der Waals surface area contributed by atoms with Crippen molar-refractivity contribution in [3.05, 3.63) is 58.4 Å². The molecule has 0 radical (unpaired) electrons. The Morgan fingerprint density at radius 2 is 2.00 bits per heavy atom. The van der Waals surface area contributed by atoms with Gasteiger partial charge in [0.1, 0.15) is 5.15 Å². The summed E-state index contributed by atoms with van der Waals surface area (Å²) in [7, 11) is 1.22. The van der Waals surface area contributed by atoms with E-state index in [1.807, 2.05) is 30.3 Å². The second-order valence-electron chi connectivity index (χ2n) is 4.95. The first-order valence-corrected chi connectivity index (χ1v) is 7.57. The van der Waals surface area contributed by atoms with E-state index in [4.69, 9.17) is 16.3 Å². The monoisotopic (exact) mass is 348 g/mol. The summed E-state index contributed by atoms with van der Waals surface area (Å²) in [6.45, 7) is 1.90. The van der Waals surface area contributed by atoms with Crippen molar-refractivity contribution in [3.63, 3.8) is 0 Å². The number of methoxy groups -OCH3 is 1. The second kappa shape index (κ2) is 8.31. The molecule has 0 atom stereocenters. The molecule has 6 nitrogen and oxygen atoms in total. The van der Waals surface area contributed by atoms with E-state index in [1.54, 1.807) is 11.6 Å². The minimum atomic E-state index is -0.660. The Hall–Kier alpha value is -2.60. The number of ether oxygens (including phenoxy) is 2. The quantitative estimate of drug-likeness (QED) is 0.593. The lowest BCUT2D eigenvalue weighted by atomic mass is 10.2. The first kappa shape index (κ1) is 17.7. The van der Waals surface area contributed by atoms with E-state index < -0.39 is 18.5 Å². The van der Waals surface area contributed by atoms with Gasteiger partial charge in [-0.2, -0.15) is 5.10 Å². The van der Waals surface area contributed by atoms with Gasteiger partial charge in [-0.3, -0.25) is 0 Å². The number of esters is 2. The van der Waals surface area contributed by atoms with Crippen LogP contribution in [0.25, 0.3) is 6.08 Å². The fraction of sp³-hybridized carbons (Fsp3) is 0.235. The third kappa shape index (κ3) is 4.70. The molecule has 0 saturated carbocycles. The first-order chi connectivity index (χ1) is 11.5. The van der Waals surface area contributed by atoms with Crippen LogP contribution in [0.5, 0.6) is 0 Å². The second-order valence-corrected chi connectivity index (χ2v) is 5.31. The molecule has 0 fully saturated rings. The number of hydrogen-bond acceptors (Lipinski definition) is 5. The van der Waals surface area contributed by atoms with Crippen molar-refractivity contribution >= 4 is 29.6 Å². The van der Waals surface area contributed by atoms with E-state index in [9.17, 15) is 9.59 Å². The van der Waals surface area contributed by atoms with Gasteiger partial charge in [0, 0.05) is 11.6 Å². The number of rotatable bonds is 6. The molecular weight excluding hydrogens is 332 g/mol. The number of halogens is 1. The van der Waals surface area contributed by atoms with Gasteiger partial charge in [-0.25, -0.2) is 14.3 Å². The molecule has 126 valence electrons. The van der Waals surface area contributed by atoms with Crippen LogP contribution in [0.2, 0.25) is 5.15 Å². The lowest BCUT2D eigenvalue weighted by molar-refractivity contribution is -0.154. The first-order valence-electron chi connectivity index (χ1n) is 7.19. The molecule has 0 unspecified atom stereocenters. The largest absolute Gasteiger partial charge is 0.466 e. The maximum Gasteiger partial charge on any atom is 0.344 e. The zero-order chi connectivity index (χ0) is 17.5. The minimum absolute atomic E-state index is 0.424. The van der Waals surface area contributed by atoms with Crippen LogP contribution in [0.3, 0.4) is 0 Å². The fourth-order valence-electron chi connectivity index (χ4n) is 2.01. The number of hydrogen-bond donors (Lipinski definition) is 0. The average Bonchev–Trinajstić information content (AvgIpc) is 2.85. The van der Waals surface area contributed by atoms with Crippen LogP contribution in [-0.4, -0.2) is 35.4 Å². The molecule has 0 aliphatic heterocycles. The van der Waals surface area contributed by atoms with Crippen molar-refractivity contribution in [2.75, 3.05) is 13.7 Å². The summed E-state index contributed by atoms with van der Waals surface area (Å²) < 4.78 is 10.8. The maximum atomic E-state index is 11.6. The Labute approximate surface area is 144 Å². The molecule has 1 aromatic heterocycles. The molecule has 0 bridgehead atoms. The fourth-order valence-corrected chi connectivity index (χ4v) is 2.30. The smallest absolute Gasteiger partial charge is 0.344 e. The molecule has 0 spiro atoms. The van der Waals surface area contributed by atoms with Crippen molar-refractivity contribution < 1.29 is 19.1 Å². The van der Waals surface area contributed by atoms with Crippen LogP contribution in [0.1, 0.15) is 16.8 Å². The Bertz CT molecular complexity index is 753. The lowest BCUT2D eigenvalue weighted by Gasteiger charge is -2.03. The molecule has 7 heteroatoms. The molecule has 2 aromatic rings. The number of aryl methyl sites for hydroxylation is 1. The number of aromatic nitrogens is 2. The zero-order valence-electron chi connectivity index (χ0n) is 13.4. The van der Waals surface area contributed by atoms with E-state index in [-0.39, 0.29) is 0 Å². The van der Waals surface area contributed by atoms with Crippen LogP contribution in [-0.2, 0) is 25.6 Å². The predicted molar refractivity (Wildman–Crippen MR) is 89.5 cm³/mol. The van der Waals surface area contributed by atoms with Gasteiger partial charge < -0.3 is 9.47 Å². The third-order valence-electron chi connectivity index (χ3n) is 3.23. The van der Waals surface area contributed by atoms with Crippen LogP contribution < -0.4 is 0 Å². The Morgan fingerprint density at radius 1 is 1.29 bits per heavy atom. The van der Waals surface area contributed by atoms with Crippen molar-refractivity contribution in [1.82, 2.24) is 9.78 Å². The summed E-state index contributed by atoms with van der Waals surface area (Å²) in [5.41, 5.74) is 2.38.